The molecule has 1 saturated heterocycles. The van der Waals surface area contributed by atoms with E-state index < -0.39 is 18.2 Å². The molecule has 110 valence electrons. The van der Waals surface area contributed by atoms with E-state index >= 15 is 0 Å². The Morgan fingerprint density at radius 1 is 1.29 bits per heavy atom. The monoisotopic (exact) mass is 287 g/mol. The zero-order valence-corrected chi connectivity index (χ0v) is 11.7. The van der Waals surface area contributed by atoms with Gasteiger partial charge in [-0.15, -0.1) is 0 Å². The van der Waals surface area contributed by atoms with E-state index in [1.165, 1.54) is 4.90 Å². The van der Waals surface area contributed by atoms with E-state index in [0.717, 1.165) is 5.69 Å². The summed E-state index contributed by atoms with van der Waals surface area (Å²) >= 11 is 0. The van der Waals surface area contributed by atoms with Crippen molar-refractivity contribution in [2.24, 2.45) is 4.99 Å². The van der Waals surface area contributed by atoms with Crippen LogP contribution in [0.3, 0.4) is 0 Å². The van der Waals surface area contributed by atoms with E-state index in [-0.39, 0.29) is 5.91 Å². The van der Waals surface area contributed by atoms with Crippen LogP contribution in [0.5, 0.6) is 0 Å². The molecule has 0 spiro atoms. The van der Waals surface area contributed by atoms with Gasteiger partial charge in [0.05, 0.1) is 6.34 Å². The number of benzene rings is 1. The zero-order chi connectivity index (χ0) is 14.8. The number of nitrogens with one attached hydrogen (secondary N) is 2. The first kappa shape index (κ1) is 13.4. The summed E-state index contributed by atoms with van der Waals surface area (Å²) in [5.74, 6) is -0.291. The van der Waals surface area contributed by atoms with Crippen molar-refractivity contribution in [1.82, 2.24) is 15.1 Å². The van der Waals surface area contributed by atoms with Gasteiger partial charge in [-0.2, -0.15) is 0 Å². The van der Waals surface area contributed by atoms with Crippen LogP contribution in [-0.2, 0) is 4.79 Å². The molecule has 1 fully saturated rings. The van der Waals surface area contributed by atoms with Gasteiger partial charge in [0.2, 0.25) is 0 Å². The number of fused-ring (bicyclic) bond motifs is 1. The molecule has 1 aromatic rings. The molecule has 2 heterocycles. The van der Waals surface area contributed by atoms with Gasteiger partial charge >= 0.3 is 6.03 Å². The van der Waals surface area contributed by atoms with E-state index in [9.17, 15) is 9.59 Å². The SMILES string of the molecule is CN1C(=O)NC(=O)C2C1N=CN2CCNc1ccccc1. The lowest BCUT2D eigenvalue weighted by Gasteiger charge is -2.35. The van der Waals surface area contributed by atoms with Crippen LogP contribution in [0.25, 0.3) is 0 Å². The summed E-state index contributed by atoms with van der Waals surface area (Å²) in [6, 6.07) is 9.02. The van der Waals surface area contributed by atoms with Gasteiger partial charge in [0.15, 0.2) is 12.2 Å². The van der Waals surface area contributed by atoms with Crippen LogP contribution in [-0.4, -0.2) is 60.4 Å². The molecule has 21 heavy (non-hydrogen) atoms. The maximum atomic E-state index is 12.0. The van der Waals surface area contributed by atoms with Crippen molar-refractivity contribution < 1.29 is 9.59 Å². The summed E-state index contributed by atoms with van der Waals surface area (Å²) in [7, 11) is 1.64. The molecule has 7 nitrogen and oxygen atoms in total. The lowest BCUT2D eigenvalue weighted by atomic mass is 10.1. The van der Waals surface area contributed by atoms with E-state index in [2.05, 4.69) is 15.6 Å². The molecule has 3 rings (SSSR count). The molecule has 0 aliphatic carbocycles. The van der Waals surface area contributed by atoms with Crippen molar-refractivity contribution in [2.75, 3.05) is 25.5 Å². The van der Waals surface area contributed by atoms with Crippen LogP contribution in [0, 0.1) is 0 Å². The predicted octanol–water partition coefficient (Wildman–Crippen LogP) is 0.319. The fourth-order valence-corrected chi connectivity index (χ4v) is 2.55. The van der Waals surface area contributed by atoms with Crippen LogP contribution in [0.2, 0.25) is 0 Å². The maximum absolute atomic E-state index is 12.0. The molecule has 2 unspecified atom stereocenters. The van der Waals surface area contributed by atoms with Gasteiger partial charge in [-0.05, 0) is 12.1 Å². The Morgan fingerprint density at radius 2 is 2.05 bits per heavy atom. The number of rotatable bonds is 4. The van der Waals surface area contributed by atoms with Crippen LogP contribution in [0.15, 0.2) is 35.3 Å². The van der Waals surface area contributed by atoms with Gasteiger partial charge in [-0.3, -0.25) is 10.1 Å². The van der Waals surface area contributed by atoms with Gasteiger partial charge < -0.3 is 15.1 Å². The van der Waals surface area contributed by atoms with Crippen molar-refractivity contribution in [1.29, 1.82) is 0 Å². The third-order valence-corrected chi connectivity index (χ3v) is 3.70. The largest absolute Gasteiger partial charge is 0.383 e. The molecular weight excluding hydrogens is 270 g/mol. The number of likely N-dealkylation sites (N-methyl/N-ethyl adjacent to an activating group) is 1. The first-order valence-corrected chi connectivity index (χ1v) is 6.82. The quantitative estimate of drug-likeness (QED) is 0.836. The average Bonchev–Trinajstić information content (AvgIpc) is 2.91. The summed E-state index contributed by atoms with van der Waals surface area (Å²) in [4.78, 5) is 31.1. The van der Waals surface area contributed by atoms with Crippen LogP contribution >= 0.6 is 0 Å². The fourth-order valence-electron chi connectivity index (χ4n) is 2.55. The number of imide groups is 1. The Kier molecular flexibility index (Phi) is 3.47. The molecule has 0 saturated carbocycles. The van der Waals surface area contributed by atoms with Crippen LogP contribution in [0.1, 0.15) is 0 Å². The minimum Gasteiger partial charge on any atom is -0.383 e. The smallest absolute Gasteiger partial charge is 0.325 e. The second-order valence-electron chi connectivity index (χ2n) is 5.06. The van der Waals surface area contributed by atoms with E-state index in [0.29, 0.717) is 13.1 Å². The lowest BCUT2D eigenvalue weighted by Crippen LogP contribution is -2.63. The highest BCUT2D eigenvalue weighted by atomic mass is 16.2. The Bertz CT molecular complexity index is 574. The van der Waals surface area contributed by atoms with Crippen LogP contribution in [0.4, 0.5) is 10.5 Å². The number of urea groups is 1. The molecule has 0 aromatic heterocycles. The van der Waals surface area contributed by atoms with Crippen molar-refractivity contribution in [3.05, 3.63) is 30.3 Å². The highest BCUT2D eigenvalue weighted by Crippen LogP contribution is 2.20. The summed E-state index contributed by atoms with van der Waals surface area (Å²) in [5.41, 5.74) is 1.03. The standard InChI is InChI=1S/C14H17N5O2/c1-18-12-11(13(20)17-14(18)21)19(9-16-12)8-7-15-10-5-3-2-4-6-10/h2-6,9,11-12,15H,7-8H2,1H3,(H,17,20,21). The minimum atomic E-state index is -0.440. The molecule has 0 radical (unpaired) electrons. The van der Waals surface area contributed by atoms with Gasteiger partial charge in [0.1, 0.15) is 0 Å². The molecule has 2 aliphatic rings. The normalized spacial score (nSPS) is 24.0. The third-order valence-electron chi connectivity index (χ3n) is 3.70. The topological polar surface area (TPSA) is 77.0 Å². The molecule has 7 heteroatoms. The van der Waals surface area contributed by atoms with Crippen molar-refractivity contribution in [3.8, 4) is 0 Å². The molecule has 2 atom stereocenters. The molecule has 2 N–H and O–H groups in total. The predicted molar refractivity (Wildman–Crippen MR) is 79.0 cm³/mol. The number of aliphatic imine (C=N–C) groups is 1. The number of para-hydroxylation sites is 1. The average molecular weight is 287 g/mol. The number of nitrogens with zero attached hydrogens (tertiary/aromatic N) is 3. The minimum absolute atomic E-state index is 0.291. The number of amides is 3. The zero-order valence-electron chi connectivity index (χ0n) is 11.7. The lowest BCUT2D eigenvalue weighted by molar-refractivity contribution is -0.126. The van der Waals surface area contributed by atoms with Crippen molar-refractivity contribution in [2.45, 2.75) is 12.2 Å². The number of carbonyl (C=O) groups excluding carboxylic acids is 2. The Morgan fingerprint density at radius 3 is 2.81 bits per heavy atom. The van der Waals surface area contributed by atoms with Gasteiger partial charge in [-0.1, -0.05) is 18.2 Å². The van der Waals surface area contributed by atoms with Gasteiger partial charge in [0, 0.05) is 25.8 Å². The molecule has 0 bridgehead atoms. The molecule has 2 aliphatic heterocycles. The molecular formula is C14H17N5O2. The second-order valence-corrected chi connectivity index (χ2v) is 5.06. The van der Waals surface area contributed by atoms with Crippen LogP contribution < -0.4 is 10.6 Å². The van der Waals surface area contributed by atoms with E-state index in [4.69, 9.17) is 0 Å². The maximum Gasteiger partial charge on any atom is 0.325 e. The summed E-state index contributed by atoms with van der Waals surface area (Å²) in [6.45, 7) is 1.32. The highest BCUT2D eigenvalue weighted by Gasteiger charge is 2.45. The summed E-state index contributed by atoms with van der Waals surface area (Å²) < 4.78 is 0. The number of hydrogen-bond acceptors (Lipinski definition) is 5. The van der Waals surface area contributed by atoms with Gasteiger partial charge in [0.25, 0.3) is 5.91 Å². The summed E-state index contributed by atoms with van der Waals surface area (Å²) in [6.07, 6.45) is 1.22. The van der Waals surface area contributed by atoms with E-state index in [1.54, 1.807) is 13.4 Å². The molecule has 3 amide bonds. The second kappa shape index (κ2) is 5.43. The highest BCUT2D eigenvalue weighted by molar-refractivity contribution is 6.01. The first-order chi connectivity index (χ1) is 10.2. The Balaban J connectivity index is 1.59. The fraction of sp³-hybridized carbons (Fsp3) is 0.357. The first-order valence-electron chi connectivity index (χ1n) is 6.82. The number of anilines is 1. The van der Waals surface area contributed by atoms with Crippen molar-refractivity contribution in [3.63, 3.8) is 0 Å². The number of hydrogen-bond donors (Lipinski definition) is 2. The van der Waals surface area contributed by atoms with Crippen molar-refractivity contribution >= 4 is 24.0 Å². The number of carbonyl (C=O) groups is 2. The van der Waals surface area contributed by atoms with Gasteiger partial charge in [-0.25, -0.2) is 9.79 Å². The van der Waals surface area contributed by atoms with E-state index in [1.807, 2.05) is 35.2 Å². The molecule has 1 aromatic carbocycles. The summed E-state index contributed by atoms with van der Waals surface area (Å²) in [5, 5.41) is 5.63. The Labute approximate surface area is 122 Å². The third kappa shape index (κ3) is 2.54. The Hall–Kier alpha value is -2.57.